The molecule has 0 bridgehead atoms. The summed E-state index contributed by atoms with van der Waals surface area (Å²) in [5, 5.41) is 12.3. The Bertz CT molecular complexity index is 813. The average molecular weight is 611 g/mol. The zero-order valence-electron chi connectivity index (χ0n) is 21.2. The van der Waals surface area contributed by atoms with Crippen LogP contribution in [0.2, 0.25) is 0 Å². The van der Waals surface area contributed by atoms with Gasteiger partial charge in [-0.05, 0) is 12.8 Å². The highest BCUT2D eigenvalue weighted by Crippen LogP contribution is 2.56. The van der Waals surface area contributed by atoms with Crippen molar-refractivity contribution in [3.63, 3.8) is 0 Å². The maximum absolute atomic E-state index is 14.0. The molecule has 0 saturated carbocycles. The van der Waals surface area contributed by atoms with Crippen LogP contribution in [0, 0.1) is 5.41 Å². The second kappa shape index (κ2) is 13.9. The van der Waals surface area contributed by atoms with Crippen molar-refractivity contribution in [2.24, 2.45) is 5.41 Å². The second-order valence-corrected chi connectivity index (χ2v) is 10.3. The Labute approximate surface area is 223 Å². The number of unbranched alkanes of at least 4 members (excludes halogenated alkanes) is 4. The number of carbonyl (C=O) groups is 2. The standard InChI is InChI=1S/C22H31F9O7S/c1-3-5-7-8-10-17(9-6-4-2)14-36-15(32)13-18(17,39-38-37-34)16(33)35-12-11-19(23,24)20(25,26)21(27,28)22(29,30)31/h34H,3-14H2,1-2H3. The van der Waals surface area contributed by atoms with E-state index in [1.54, 1.807) is 6.92 Å². The maximum Gasteiger partial charge on any atom is 0.460 e. The fourth-order valence-electron chi connectivity index (χ4n) is 4.32. The van der Waals surface area contributed by atoms with Crippen LogP contribution in [0.15, 0.2) is 0 Å². The van der Waals surface area contributed by atoms with Gasteiger partial charge in [-0.3, -0.25) is 9.59 Å². The number of alkyl halides is 9. The summed E-state index contributed by atoms with van der Waals surface area (Å²) in [5.41, 5.74) is -1.29. The van der Waals surface area contributed by atoms with Crippen molar-refractivity contribution in [2.75, 3.05) is 13.2 Å². The summed E-state index contributed by atoms with van der Waals surface area (Å²) in [5.74, 6) is -22.4. The van der Waals surface area contributed by atoms with E-state index in [0.29, 0.717) is 25.7 Å². The lowest BCUT2D eigenvalue weighted by molar-refractivity contribution is -0.432. The van der Waals surface area contributed by atoms with E-state index < -0.39 is 65.5 Å². The van der Waals surface area contributed by atoms with Crippen molar-refractivity contribution in [1.82, 2.24) is 0 Å². The Morgan fingerprint density at radius 1 is 0.949 bits per heavy atom. The lowest BCUT2D eigenvalue weighted by Gasteiger charge is -2.49. The van der Waals surface area contributed by atoms with E-state index in [2.05, 4.69) is 9.37 Å². The molecular weight excluding hydrogens is 579 g/mol. The fraction of sp³-hybridized carbons (Fsp3) is 0.909. The summed E-state index contributed by atoms with van der Waals surface area (Å²) in [6, 6.07) is 0. The Morgan fingerprint density at radius 3 is 2.08 bits per heavy atom. The molecule has 2 unspecified atom stereocenters. The van der Waals surface area contributed by atoms with Crippen molar-refractivity contribution in [1.29, 1.82) is 0 Å². The summed E-state index contributed by atoms with van der Waals surface area (Å²) >= 11 is 0.0970. The minimum atomic E-state index is -7.09. The van der Waals surface area contributed by atoms with E-state index in [1.165, 1.54) is 0 Å². The molecule has 1 rings (SSSR count). The molecule has 1 heterocycles. The van der Waals surface area contributed by atoms with Crippen LogP contribution in [0.4, 0.5) is 39.5 Å². The van der Waals surface area contributed by atoms with Gasteiger partial charge in [0.2, 0.25) is 0 Å². The quantitative estimate of drug-likeness (QED) is 0.0459. The van der Waals surface area contributed by atoms with E-state index >= 15 is 0 Å². The van der Waals surface area contributed by atoms with Crippen LogP contribution in [0.3, 0.4) is 0 Å². The molecule has 0 spiro atoms. The van der Waals surface area contributed by atoms with Crippen molar-refractivity contribution < 1.29 is 73.2 Å². The first kappa shape index (κ1) is 35.6. The molecule has 0 aliphatic carbocycles. The molecule has 1 saturated heterocycles. The molecule has 230 valence electrons. The van der Waals surface area contributed by atoms with E-state index in [0.717, 1.165) is 12.8 Å². The number of cyclic esters (lactones) is 1. The molecule has 7 nitrogen and oxygen atoms in total. The SMILES string of the molecule is CCCCCCC1(CCCC)COC(=O)CC1(SOOO)C(=O)OCCC(F)(F)C(F)(F)C(F)(F)C(F)(F)F. The molecule has 1 aliphatic heterocycles. The number of ether oxygens (including phenoxy) is 2. The summed E-state index contributed by atoms with van der Waals surface area (Å²) in [4.78, 5) is 25.5. The zero-order valence-corrected chi connectivity index (χ0v) is 22.0. The highest BCUT2D eigenvalue weighted by molar-refractivity contribution is 7.96. The first-order valence-electron chi connectivity index (χ1n) is 12.1. The highest BCUT2D eigenvalue weighted by Gasteiger charge is 2.81. The fourth-order valence-corrected chi connectivity index (χ4v) is 5.21. The molecule has 1 aliphatic rings. The molecule has 17 heteroatoms. The second-order valence-electron chi connectivity index (χ2n) is 9.32. The predicted octanol–water partition coefficient (Wildman–Crippen LogP) is 7.29. The normalized spacial score (nSPS) is 23.0. The van der Waals surface area contributed by atoms with E-state index in [4.69, 9.17) is 14.7 Å². The van der Waals surface area contributed by atoms with Gasteiger partial charge in [0.15, 0.2) is 4.75 Å². The molecule has 1 N–H and O–H groups in total. The van der Waals surface area contributed by atoms with Gasteiger partial charge in [-0.25, -0.2) is 5.26 Å². The maximum atomic E-state index is 14.0. The van der Waals surface area contributed by atoms with Crippen molar-refractivity contribution in [2.45, 2.75) is 107 Å². The third kappa shape index (κ3) is 7.64. The molecule has 0 aromatic carbocycles. The van der Waals surface area contributed by atoms with Gasteiger partial charge in [-0.15, -0.1) is 4.33 Å². The number of rotatable bonds is 17. The van der Waals surface area contributed by atoms with Gasteiger partial charge in [0.25, 0.3) is 0 Å². The number of halogens is 9. The highest BCUT2D eigenvalue weighted by atomic mass is 32.2. The number of hydrogen-bond donors (Lipinski definition) is 1. The van der Waals surface area contributed by atoms with Crippen molar-refractivity contribution >= 4 is 24.0 Å². The van der Waals surface area contributed by atoms with E-state index in [-0.39, 0.29) is 31.5 Å². The van der Waals surface area contributed by atoms with Crippen LogP contribution < -0.4 is 0 Å². The molecule has 0 radical (unpaired) electrons. The molecule has 0 aromatic heterocycles. The summed E-state index contributed by atoms with van der Waals surface area (Å²) in [7, 11) is 0. The van der Waals surface area contributed by atoms with Crippen LogP contribution in [0.1, 0.15) is 78.1 Å². The number of carbonyl (C=O) groups excluding carboxylic acids is 2. The minimum absolute atomic E-state index is 0.0970. The van der Waals surface area contributed by atoms with Crippen LogP contribution in [0.25, 0.3) is 0 Å². The van der Waals surface area contributed by atoms with Crippen LogP contribution in [-0.2, 0) is 28.4 Å². The van der Waals surface area contributed by atoms with Crippen molar-refractivity contribution in [3.8, 4) is 0 Å². The third-order valence-corrected chi connectivity index (χ3v) is 7.83. The van der Waals surface area contributed by atoms with Gasteiger partial charge in [0, 0.05) is 5.41 Å². The molecule has 0 aromatic rings. The van der Waals surface area contributed by atoms with Crippen LogP contribution in [-0.4, -0.2) is 59.1 Å². The smallest absolute Gasteiger partial charge is 0.460 e. The Morgan fingerprint density at radius 2 is 1.54 bits per heavy atom. The van der Waals surface area contributed by atoms with Gasteiger partial charge < -0.3 is 9.47 Å². The first-order valence-corrected chi connectivity index (χ1v) is 12.8. The van der Waals surface area contributed by atoms with Crippen molar-refractivity contribution in [3.05, 3.63) is 0 Å². The summed E-state index contributed by atoms with van der Waals surface area (Å²) in [6.45, 7) is 1.65. The number of esters is 2. The predicted molar refractivity (Wildman–Crippen MR) is 118 cm³/mol. The van der Waals surface area contributed by atoms with Crippen LogP contribution in [0.5, 0.6) is 0 Å². The average Bonchev–Trinajstić information content (AvgIpc) is 2.84. The van der Waals surface area contributed by atoms with Crippen LogP contribution >= 0.6 is 12.0 Å². The van der Waals surface area contributed by atoms with E-state index in [9.17, 15) is 49.1 Å². The van der Waals surface area contributed by atoms with Gasteiger partial charge in [0.1, 0.15) is 0 Å². The van der Waals surface area contributed by atoms with Gasteiger partial charge >= 0.3 is 35.9 Å². The topological polar surface area (TPSA) is 91.3 Å². The van der Waals surface area contributed by atoms with E-state index in [1.807, 2.05) is 6.92 Å². The molecule has 0 amide bonds. The lowest BCUT2D eigenvalue weighted by Crippen LogP contribution is -2.61. The largest absolute Gasteiger partial charge is 0.465 e. The first-order chi connectivity index (χ1) is 17.9. The molecular formula is C22H31F9O7S. The zero-order chi connectivity index (χ0) is 30.2. The Balaban J connectivity index is 3.31. The summed E-state index contributed by atoms with van der Waals surface area (Å²) in [6.07, 6.45) is -5.95. The molecule has 39 heavy (non-hydrogen) atoms. The summed E-state index contributed by atoms with van der Waals surface area (Å²) < 4.78 is 131. The Hall–Kier alpha value is -1.46. The molecule has 2 atom stereocenters. The Kier molecular flexibility index (Phi) is 12.7. The van der Waals surface area contributed by atoms with Gasteiger partial charge in [0.05, 0.1) is 38.1 Å². The monoisotopic (exact) mass is 610 g/mol. The number of hydrogen-bond acceptors (Lipinski definition) is 8. The van der Waals surface area contributed by atoms with Gasteiger partial charge in [-0.2, -0.15) is 39.5 Å². The minimum Gasteiger partial charge on any atom is -0.465 e. The lowest BCUT2D eigenvalue weighted by atomic mass is 9.66. The third-order valence-electron chi connectivity index (χ3n) is 6.67. The van der Waals surface area contributed by atoms with Gasteiger partial charge in [-0.1, -0.05) is 57.4 Å². The molecule has 1 fully saturated rings.